The Kier molecular flexibility index (Phi) is 41.6. The molecule has 0 N–H and O–H groups in total. The Morgan fingerprint density at radius 3 is 0.572 bits per heavy atom. The van der Waals surface area contributed by atoms with E-state index in [0.717, 1.165) is 0 Å². The molecule has 145 heavy (non-hydrogen) atoms. The number of benzene rings is 21. The van der Waals surface area contributed by atoms with Gasteiger partial charge in [-0.1, -0.05) is 164 Å². The summed E-state index contributed by atoms with van der Waals surface area (Å²) in [6, 6.07) is 205. The Hall–Kier alpha value is -11.9. The normalized spacial score (nSPS) is 10.8. The minimum atomic E-state index is -2.06. The molecule has 0 bridgehead atoms. The molecule has 0 saturated carbocycles. The van der Waals surface area contributed by atoms with Crippen molar-refractivity contribution in [1.82, 2.24) is 0 Å². The van der Waals surface area contributed by atoms with Crippen LogP contribution >= 0.6 is 15.8 Å². The Labute approximate surface area is 900 Å². The summed E-state index contributed by atoms with van der Waals surface area (Å²) in [5, 5.41) is 8.57. The molecule has 0 saturated heterocycles. The van der Waals surface area contributed by atoms with E-state index in [1.54, 1.807) is 10.5 Å². The van der Waals surface area contributed by atoms with Crippen LogP contribution in [-0.4, -0.2) is 91.5 Å². The molecular formula is C138H129As2BiP2Sb2. The van der Waals surface area contributed by atoms with Crippen molar-refractivity contribution in [2.24, 2.45) is 0 Å². The van der Waals surface area contributed by atoms with E-state index in [1.165, 1.54) is 145 Å². The molecule has 7 heteroatoms. The van der Waals surface area contributed by atoms with Gasteiger partial charge < -0.3 is 0 Å². The summed E-state index contributed by atoms with van der Waals surface area (Å²) in [6.45, 7) is 26.7. The van der Waals surface area contributed by atoms with Gasteiger partial charge in [-0.05, 0) is 85.1 Å². The van der Waals surface area contributed by atoms with Gasteiger partial charge in [-0.3, -0.25) is 0 Å². The van der Waals surface area contributed by atoms with E-state index < -0.39 is 107 Å². The van der Waals surface area contributed by atoms with Gasteiger partial charge in [0.15, 0.2) is 0 Å². The summed E-state index contributed by atoms with van der Waals surface area (Å²) < 4.78 is 22.9. The first kappa shape index (κ1) is 107. The third-order valence-corrected chi connectivity index (χ3v) is 65.0. The minimum absolute atomic E-state index is 0.446. The standard InChI is InChI=1S/C24H27As.C21H21P.C18H15As.C18H15P.3C7H7.6C6H5.Bi.2Sb/c1-16-7-17(2)11-22(10-16)25(23-12-18(3)8-19(4)13-23)24-14-20(5)9-21(6)15-24;1-16-10-4-7-13-19(16)22(20-14-8-5-11-17(20)2)21-15-9-6-12-18(21)3;2*1-4-10-16(11-5-1)19(17-12-6-2-7-13-17)18-14-8-3-9-15-18;3*1-7-5-3-2-4-6-7;6*1-2-4-6-5-3-1;;;/h7-15H,1-6H3;4-15H,1-3H3;2*1-15H;3*2-5H,1H3;6*1-5H;;;. The Bertz CT molecular complexity index is 6120. The molecule has 21 aromatic carbocycles. The fraction of sp³-hybridized carbons (Fsp3) is 0.0870. The summed E-state index contributed by atoms with van der Waals surface area (Å²) in [4.78, 5) is 0. The van der Waals surface area contributed by atoms with Crippen molar-refractivity contribution >= 4 is 196 Å². The van der Waals surface area contributed by atoms with Crippen molar-refractivity contribution in [2.45, 2.75) is 83.1 Å². The van der Waals surface area contributed by atoms with E-state index in [-0.39, 0.29) is 0 Å². The third kappa shape index (κ3) is 30.7. The van der Waals surface area contributed by atoms with E-state index in [9.17, 15) is 0 Å². The van der Waals surface area contributed by atoms with Crippen LogP contribution in [0.15, 0.2) is 564 Å². The van der Waals surface area contributed by atoms with Crippen LogP contribution in [0.3, 0.4) is 0 Å². The van der Waals surface area contributed by atoms with E-state index in [1.807, 2.05) is 0 Å². The second kappa shape index (κ2) is 56.2. The molecule has 21 rings (SSSR count). The molecule has 0 atom stereocenters. The molecule has 0 fully saturated rings. The zero-order chi connectivity index (χ0) is 101. The van der Waals surface area contributed by atoms with Crippen LogP contribution in [0.4, 0.5) is 0 Å². The maximum atomic E-state index is 2.41. The predicted molar refractivity (Wildman–Crippen MR) is 647 cm³/mol. The van der Waals surface area contributed by atoms with Gasteiger partial charge in [0.05, 0.1) is 0 Å². The van der Waals surface area contributed by atoms with E-state index in [4.69, 9.17) is 0 Å². The van der Waals surface area contributed by atoms with Crippen LogP contribution in [0.1, 0.15) is 66.8 Å². The van der Waals surface area contributed by atoms with Crippen molar-refractivity contribution in [1.29, 1.82) is 0 Å². The predicted octanol–water partition coefficient (Wildman–Crippen LogP) is 21.6. The van der Waals surface area contributed by atoms with Crippen molar-refractivity contribution in [3.8, 4) is 0 Å². The summed E-state index contributed by atoms with van der Waals surface area (Å²) in [6.07, 6.45) is 0. The first-order valence-corrected chi connectivity index (χ1v) is 71.0. The zero-order valence-corrected chi connectivity index (χ0v) is 99.4. The molecule has 0 aliphatic carbocycles. The Morgan fingerprint density at radius 2 is 0.345 bits per heavy atom. The zero-order valence-electron chi connectivity index (χ0n) is 85.3. The molecule has 0 aromatic heterocycles. The second-order valence-corrected chi connectivity index (χ2v) is 70.8. The quantitative estimate of drug-likeness (QED) is 0.0497. The number of hydrogen-bond donors (Lipinski definition) is 0. The van der Waals surface area contributed by atoms with E-state index >= 15 is 0 Å². The molecule has 0 nitrogen and oxygen atoms in total. The number of aryl methyl sites for hydroxylation is 12. The molecule has 0 unspecified atom stereocenters. The van der Waals surface area contributed by atoms with E-state index in [2.05, 4.69) is 647 Å². The van der Waals surface area contributed by atoms with Gasteiger partial charge in [0.25, 0.3) is 0 Å². The first-order chi connectivity index (χ1) is 71.0. The average molecular weight is 2450 g/mol. The summed E-state index contributed by atoms with van der Waals surface area (Å²) in [5.74, 6) is 0. The van der Waals surface area contributed by atoms with Crippen LogP contribution in [-0.2, 0) is 0 Å². The van der Waals surface area contributed by atoms with Crippen molar-refractivity contribution in [3.05, 3.63) is 631 Å². The van der Waals surface area contributed by atoms with Gasteiger partial charge in [-0.15, -0.1) is 0 Å². The van der Waals surface area contributed by atoms with Gasteiger partial charge in [-0.25, -0.2) is 0 Å². The topological polar surface area (TPSA) is 0 Å². The molecular weight excluding hydrogens is 2320 g/mol. The van der Waals surface area contributed by atoms with Crippen LogP contribution in [0.5, 0.6) is 0 Å². The Balaban J connectivity index is 0.000000127. The monoisotopic (exact) mass is 2450 g/mol. The maximum absolute atomic E-state index is 2.41. The van der Waals surface area contributed by atoms with Crippen molar-refractivity contribution in [2.75, 3.05) is 0 Å². The average Bonchev–Trinajstić information content (AvgIpc) is 0.790. The third-order valence-electron chi connectivity index (χ3n) is 24.7. The van der Waals surface area contributed by atoms with Gasteiger partial charge >= 0.3 is 661 Å². The molecule has 0 aliphatic rings. The van der Waals surface area contributed by atoms with Crippen molar-refractivity contribution < 1.29 is 0 Å². The first-order valence-electron chi connectivity index (χ1n) is 49.8. The van der Waals surface area contributed by atoms with Gasteiger partial charge in [0.2, 0.25) is 0 Å². The van der Waals surface area contributed by atoms with Gasteiger partial charge in [0.1, 0.15) is 0 Å². The van der Waals surface area contributed by atoms with E-state index in [0.29, 0.717) is 0 Å². The van der Waals surface area contributed by atoms with Crippen LogP contribution in [0, 0.1) is 83.1 Å². The summed E-state index contributed by atoms with van der Waals surface area (Å²) in [5.41, 5.74) is 16.6. The van der Waals surface area contributed by atoms with Crippen LogP contribution < -0.4 is 88.8 Å². The van der Waals surface area contributed by atoms with Crippen LogP contribution in [0.2, 0.25) is 0 Å². The fourth-order valence-electron chi connectivity index (χ4n) is 18.1. The van der Waals surface area contributed by atoms with Crippen LogP contribution in [0.25, 0.3) is 0 Å². The molecule has 716 valence electrons. The number of hydrogen-bond acceptors (Lipinski definition) is 0. The van der Waals surface area contributed by atoms with Gasteiger partial charge in [0, 0.05) is 0 Å². The SMILES string of the molecule is Cc1cc(C)cc([As](c2cc(C)cc(C)c2)c2cc(C)cc(C)c2)c1.Cc1cccc[c]1[Sb]([c]1ccccc1C)[c]1ccccc1C.Cc1ccccc1P(c1ccccc1C)c1ccccc1C.c1cc[c]([Bi]([c]2ccccc2)[c]2ccccc2)cc1.c1cc[c]([Sb]([c]2ccccc2)[c]2ccccc2)cc1.c1ccc(P(c2ccccc2)c2ccccc2)cc1.c1ccc([As](c2ccccc2)c2ccccc2)cc1. The molecule has 0 amide bonds. The fourth-order valence-corrected chi connectivity index (χ4v) is 57.5. The summed E-state index contributed by atoms with van der Waals surface area (Å²) >= 11 is -8.82. The molecule has 0 aliphatic heterocycles. The van der Waals surface area contributed by atoms with Gasteiger partial charge in [-0.2, -0.15) is 0 Å². The second-order valence-electron chi connectivity index (χ2n) is 36.1. The Morgan fingerprint density at radius 1 is 0.159 bits per heavy atom. The number of rotatable bonds is 21. The molecule has 0 heterocycles. The summed E-state index contributed by atoms with van der Waals surface area (Å²) in [7, 11) is -0.954. The van der Waals surface area contributed by atoms with Crippen molar-refractivity contribution in [3.63, 3.8) is 0 Å². The molecule has 21 aromatic rings. The molecule has 0 spiro atoms. The molecule has 0 radical (unpaired) electrons.